The largest absolute Gasteiger partial charge is 0.412 e. The maximum atomic E-state index is 12.8. The fraction of sp³-hybridized carbons (Fsp3) is 0.368. The van der Waals surface area contributed by atoms with Crippen LogP contribution in [0.5, 0.6) is 0 Å². The van der Waals surface area contributed by atoms with E-state index in [9.17, 15) is 14.4 Å². The van der Waals surface area contributed by atoms with Crippen LogP contribution in [0.3, 0.4) is 0 Å². The van der Waals surface area contributed by atoms with E-state index in [4.69, 9.17) is 10.3 Å². The highest BCUT2D eigenvalue weighted by atomic mass is 16.6. The summed E-state index contributed by atoms with van der Waals surface area (Å²) in [5.41, 5.74) is 7.89. The Hall–Kier alpha value is -3.16. The van der Waals surface area contributed by atoms with E-state index in [1.165, 1.54) is 18.9 Å². The highest BCUT2D eigenvalue weighted by Crippen LogP contribution is 2.39. The lowest BCUT2D eigenvalue weighted by Crippen LogP contribution is -2.34. The van der Waals surface area contributed by atoms with Crippen molar-refractivity contribution in [2.45, 2.75) is 39.3 Å². The van der Waals surface area contributed by atoms with Gasteiger partial charge in [0.15, 0.2) is 11.5 Å². The zero-order valence-corrected chi connectivity index (χ0v) is 15.0. The van der Waals surface area contributed by atoms with Crippen molar-refractivity contribution < 1.29 is 23.6 Å². The van der Waals surface area contributed by atoms with Gasteiger partial charge in [-0.1, -0.05) is 5.16 Å². The molecule has 8 nitrogen and oxygen atoms in total. The van der Waals surface area contributed by atoms with Crippen LogP contribution >= 0.6 is 0 Å². The summed E-state index contributed by atoms with van der Waals surface area (Å²) in [6, 6.07) is 5.32. The van der Waals surface area contributed by atoms with Crippen molar-refractivity contribution in [2.75, 3.05) is 0 Å². The Morgan fingerprint density at radius 1 is 1.33 bits per heavy atom. The second kappa shape index (κ2) is 6.22. The Morgan fingerprint density at radius 3 is 2.74 bits per heavy atom. The minimum Gasteiger partial charge on any atom is -0.371 e. The van der Waals surface area contributed by atoms with E-state index in [-0.39, 0.29) is 17.6 Å². The molecule has 27 heavy (non-hydrogen) atoms. The number of fused-ring (bicyclic) bond motifs is 1. The molecule has 1 saturated carbocycles. The number of carbonyl (C=O) groups is 3. The van der Waals surface area contributed by atoms with Gasteiger partial charge in [-0.05, 0) is 55.9 Å². The Bertz CT molecular complexity index is 960. The van der Waals surface area contributed by atoms with Crippen molar-refractivity contribution in [3.05, 3.63) is 40.6 Å². The Balaban J connectivity index is 1.62. The van der Waals surface area contributed by atoms with E-state index < -0.39 is 12.1 Å². The predicted octanol–water partition coefficient (Wildman–Crippen LogP) is 2.64. The van der Waals surface area contributed by atoms with Gasteiger partial charge in [0.1, 0.15) is 0 Å². The van der Waals surface area contributed by atoms with Crippen molar-refractivity contribution in [3.8, 4) is 11.3 Å². The summed E-state index contributed by atoms with van der Waals surface area (Å²) in [5.74, 6) is 0.0290. The summed E-state index contributed by atoms with van der Waals surface area (Å²) in [5, 5.41) is 3.62. The molecule has 1 aromatic carbocycles. The molecule has 1 atom stereocenters. The molecule has 2 aromatic rings. The molecular weight excluding hydrogens is 350 g/mol. The minimum atomic E-state index is -1.21. The average Bonchev–Trinajstić information content (AvgIpc) is 3.23. The van der Waals surface area contributed by atoms with Crippen LogP contribution in [0, 0.1) is 12.8 Å². The number of nitrogens with two attached hydrogens (primary N) is 1. The summed E-state index contributed by atoms with van der Waals surface area (Å²) < 4.78 is 9.51. The number of aryl methyl sites for hydroxylation is 1. The molecule has 1 aliphatic carbocycles. The van der Waals surface area contributed by atoms with Crippen molar-refractivity contribution >= 4 is 18.0 Å². The highest BCUT2D eigenvalue weighted by molar-refractivity contribution is 6.01. The summed E-state index contributed by atoms with van der Waals surface area (Å²) in [6.07, 6.45) is 1.14. The molecule has 1 fully saturated rings. The first kappa shape index (κ1) is 17.3. The van der Waals surface area contributed by atoms with E-state index in [0.29, 0.717) is 23.8 Å². The molecule has 2 N–H and O–H groups in total. The van der Waals surface area contributed by atoms with E-state index >= 15 is 0 Å². The summed E-state index contributed by atoms with van der Waals surface area (Å²) >= 11 is 0. The molecule has 2 heterocycles. The van der Waals surface area contributed by atoms with Gasteiger partial charge >= 0.3 is 12.1 Å². The number of amides is 2. The predicted molar refractivity (Wildman–Crippen MR) is 93.7 cm³/mol. The van der Waals surface area contributed by atoms with E-state index in [1.54, 1.807) is 0 Å². The lowest BCUT2D eigenvalue weighted by molar-refractivity contribution is 0.0626. The monoisotopic (exact) mass is 369 g/mol. The minimum absolute atomic E-state index is 0.0664. The summed E-state index contributed by atoms with van der Waals surface area (Å²) in [7, 11) is 0. The van der Waals surface area contributed by atoms with Gasteiger partial charge < -0.3 is 19.9 Å². The zero-order chi connectivity index (χ0) is 19.3. The molecule has 0 spiro atoms. The molecule has 2 amide bonds. The molecular formula is C19H19N3O5. The van der Waals surface area contributed by atoms with Crippen LogP contribution in [0.4, 0.5) is 4.79 Å². The number of ether oxygens (including phenoxy) is 1. The Morgan fingerprint density at radius 2 is 2.07 bits per heavy atom. The second-order valence-corrected chi connectivity index (χ2v) is 7.12. The van der Waals surface area contributed by atoms with Gasteiger partial charge in [-0.3, -0.25) is 4.79 Å². The van der Waals surface area contributed by atoms with Gasteiger partial charge in [-0.15, -0.1) is 0 Å². The van der Waals surface area contributed by atoms with Crippen molar-refractivity contribution in [1.82, 2.24) is 10.1 Å². The first-order valence-corrected chi connectivity index (χ1v) is 8.78. The third-order valence-corrected chi connectivity index (χ3v) is 5.23. The quantitative estimate of drug-likeness (QED) is 0.654. The van der Waals surface area contributed by atoms with E-state index in [0.717, 1.165) is 16.7 Å². The number of esters is 1. The number of benzene rings is 1. The van der Waals surface area contributed by atoms with Crippen LogP contribution < -0.4 is 5.73 Å². The third kappa shape index (κ3) is 3.07. The molecule has 4 rings (SSSR count). The molecule has 1 aliphatic heterocycles. The van der Waals surface area contributed by atoms with Crippen LogP contribution in [-0.4, -0.2) is 34.1 Å². The number of carbonyl (C=O) groups excluding carboxylic acids is 3. The van der Waals surface area contributed by atoms with Crippen LogP contribution in [0.1, 0.15) is 51.7 Å². The summed E-state index contributed by atoms with van der Waals surface area (Å²) in [6.45, 7) is 4.54. The van der Waals surface area contributed by atoms with Gasteiger partial charge in [0.05, 0.1) is 0 Å². The Kier molecular flexibility index (Phi) is 3.98. The third-order valence-electron chi connectivity index (χ3n) is 5.23. The molecule has 0 bridgehead atoms. The van der Waals surface area contributed by atoms with E-state index in [1.807, 2.05) is 24.0 Å². The van der Waals surface area contributed by atoms with Crippen molar-refractivity contribution in [3.63, 3.8) is 0 Å². The average molecular weight is 369 g/mol. The van der Waals surface area contributed by atoms with Gasteiger partial charge in [-0.2, -0.15) is 0 Å². The highest BCUT2D eigenvalue weighted by Gasteiger charge is 2.39. The SMILES string of the molecule is Cc1cc(-c2cc(C(=O)OC(N)=O)no2)cc2c1C(=O)N(C(C)C1CC1)C2. The first-order valence-electron chi connectivity index (χ1n) is 8.78. The molecule has 1 unspecified atom stereocenters. The Labute approximate surface area is 155 Å². The number of rotatable bonds is 4. The smallest absolute Gasteiger partial charge is 0.371 e. The fourth-order valence-corrected chi connectivity index (χ4v) is 3.65. The molecule has 0 radical (unpaired) electrons. The molecule has 8 heteroatoms. The lowest BCUT2D eigenvalue weighted by atomic mass is 9.99. The topological polar surface area (TPSA) is 116 Å². The number of nitrogens with zero attached hydrogens (tertiary/aromatic N) is 2. The zero-order valence-electron chi connectivity index (χ0n) is 15.0. The number of hydrogen-bond donors (Lipinski definition) is 1. The molecule has 1 aromatic heterocycles. The molecule has 140 valence electrons. The molecule has 0 saturated heterocycles. The lowest BCUT2D eigenvalue weighted by Gasteiger charge is -2.24. The maximum Gasteiger partial charge on any atom is 0.412 e. The number of aromatic nitrogens is 1. The van der Waals surface area contributed by atoms with E-state index in [2.05, 4.69) is 16.8 Å². The van der Waals surface area contributed by atoms with Gasteiger partial charge in [0.25, 0.3) is 5.91 Å². The van der Waals surface area contributed by atoms with Gasteiger partial charge in [0, 0.05) is 29.8 Å². The van der Waals surface area contributed by atoms with Crippen LogP contribution in [0.25, 0.3) is 11.3 Å². The number of primary amides is 1. The molecule has 2 aliphatic rings. The fourth-order valence-electron chi connectivity index (χ4n) is 3.65. The first-order chi connectivity index (χ1) is 12.8. The van der Waals surface area contributed by atoms with Crippen LogP contribution in [0.15, 0.2) is 22.7 Å². The standard InChI is InChI=1S/C19H19N3O5/c1-9-5-12(15-7-14(21-27-15)18(24)26-19(20)25)6-13-8-22(17(23)16(9)13)10(2)11-3-4-11/h5-7,10-11H,3-4,8H2,1-2H3,(H2,20,25). The normalized spacial score (nSPS) is 17.0. The van der Waals surface area contributed by atoms with Crippen molar-refractivity contribution in [2.24, 2.45) is 11.7 Å². The summed E-state index contributed by atoms with van der Waals surface area (Å²) in [4.78, 5) is 37.1. The number of hydrogen-bond acceptors (Lipinski definition) is 6. The van der Waals surface area contributed by atoms with Crippen LogP contribution in [0.2, 0.25) is 0 Å². The van der Waals surface area contributed by atoms with Gasteiger partial charge in [-0.25, -0.2) is 9.59 Å². The maximum absolute atomic E-state index is 12.8. The second-order valence-electron chi connectivity index (χ2n) is 7.12. The van der Waals surface area contributed by atoms with Crippen LogP contribution in [-0.2, 0) is 11.3 Å². The van der Waals surface area contributed by atoms with Gasteiger partial charge in [0.2, 0.25) is 0 Å². The van der Waals surface area contributed by atoms with Crippen molar-refractivity contribution in [1.29, 1.82) is 0 Å².